The molecule has 0 heterocycles. The number of hydrogen-bond acceptors (Lipinski definition) is 0. The number of hydrogen-bond donors (Lipinski definition) is 0. The van der Waals surface area contributed by atoms with Crippen LogP contribution in [0.15, 0.2) is 12.2 Å². The van der Waals surface area contributed by atoms with Crippen LogP contribution in [0.1, 0.15) is 39.0 Å². The van der Waals surface area contributed by atoms with Crippen molar-refractivity contribution in [3.8, 4) is 0 Å². The molecule has 0 aromatic rings. The van der Waals surface area contributed by atoms with Gasteiger partial charge in [-0.3, -0.25) is 0 Å². The normalized spacial score (nSPS) is 30.2. The molecule has 1 aliphatic carbocycles. The Balaban J connectivity index is 2.30. The summed E-state index contributed by atoms with van der Waals surface area (Å²) >= 11 is 5.76. The Bertz CT molecular complexity index is 143. The monoisotopic (exact) mass is 186 g/mol. The summed E-state index contributed by atoms with van der Waals surface area (Å²) in [5.74, 6) is 2.36. The van der Waals surface area contributed by atoms with Crippen LogP contribution in [0.25, 0.3) is 0 Å². The summed E-state index contributed by atoms with van der Waals surface area (Å²) in [5.41, 5.74) is 1.26. The molecule has 0 amide bonds. The van der Waals surface area contributed by atoms with Crippen LogP contribution in [0.3, 0.4) is 0 Å². The Hall–Kier alpha value is 0.0300. The molecule has 0 unspecified atom stereocenters. The van der Waals surface area contributed by atoms with E-state index in [9.17, 15) is 0 Å². The molecule has 12 heavy (non-hydrogen) atoms. The number of halogens is 1. The van der Waals surface area contributed by atoms with Gasteiger partial charge in [-0.05, 0) is 37.5 Å². The molecule has 0 bridgehead atoms. The highest BCUT2D eigenvalue weighted by Crippen LogP contribution is 2.34. The van der Waals surface area contributed by atoms with Crippen molar-refractivity contribution in [1.29, 1.82) is 0 Å². The van der Waals surface area contributed by atoms with E-state index in [1.807, 2.05) is 0 Å². The molecule has 70 valence electrons. The first kappa shape index (κ1) is 10.1. The van der Waals surface area contributed by atoms with Gasteiger partial charge >= 0.3 is 0 Å². The van der Waals surface area contributed by atoms with Crippen LogP contribution in [-0.4, -0.2) is 5.88 Å². The van der Waals surface area contributed by atoms with Crippen molar-refractivity contribution in [3.63, 3.8) is 0 Å². The van der Waals surface area contributed by atoms with Crippen LogP contribution in [0.4, 0.5) is 0 Å². The summed E-state index contributed by atoms with van der Waals surface area (Å²) in [5, 5.41) is 0. The van der Waals surface area contributed by atoms with E-state index in [1.165, 1.54) is 37.7 Å². The smallest absolute Gasteiger partial charge is 0.0433 e. The van der Waals surface area contributed by atoms with Crippen LogP contribution >= 0.6 is 11.6 Å². The molecule has 1 saturated carbocycles. The SMILES string of the molecule is C=C(CCl)C1CCC(CC)CC1. The van der Waals surface area contributed by atoms with E-state index in [0.717, 1.165) is 11.8 Å². The van der Waals surface area contributed by atoms with Crippen molar-refractivity contribution >= 4 is 11.6 Å². The zero-order valence-corrected chi connectivity index (χ0v) is 8.74. The van der Waals surface area contributed by atoms with Gasteiger partial charge in [-0.15, -0.1) is 11.6 Å². The minimum Gasteiger partial charge on any atom is -0.122 e. The Morgan fingerprint density at radius 1 is 1.33 bits per heavy atom. The van der Waals surface area contributed by atoms with Crippen LogP contribution in [0.2, 0.25) is 0 Å². The lowest BCUT2D eigenvalue weighted by molar-refractivity contribution is 0.296. The third kappa shape index (κ3) is 2.52. The van der Waals surface area contributed by atoms with Crippen molar-refractivity contribution < 1.29 is 0 Å². The second-order valence-electron chi connectivity index (χ2n) is 3.92. The maximum atomic E-state index is 5.76. The molecule has 0 N–H and O–H groups in total. The summed E-state index contributed by atoms with van der Waals surface area (Å²) in [6, 6.07) is 0. The summed E-state index contributed by atoms with van der Waals surface area (Å²) in [6.45, 7) is 6.31. The van der Waals surface area contributed by atoms with Crippen LogP contribution in [-0.2, 0) is 0 Å². The van der Waals surface area contributed by atoms with Gasteiger partial charge in [0.15, 0.2) is 0 Å². The molecular weight excluding hydrogens is 168 g/mol. The Morgan fingerprint density at radius 3 is 2.33 bits per heavy atom. The van der Waals surface area contributed by atoms with Gasteiger partial charge in [-0.25, -0.2) is 0 Å². The first-order valence-electron chi connectivity index (χ1n) is 5.01. The van der Waals surface area contributed by atoms with E-state index in [2.05, 4.69) is 13.5 Å². The van der Waals surface area contributed by atoms with Gasteiger partial charge in [-0.2, -0.15) is 0 Å². The molecule has 0 aromatic heterocycles. The summed E-state index contributed by atoms with van der Waals surface area (Å²) in [4.78, 5) is 0. The Labute approximate surface area is 81.0 Å². The lowest BCUT2D eigenvalue weighted by atomic mass is 9.78. The fourth-order valence-corrected chi connectivity index (χ4v) is 2.31. The lowest BCUT2D eigenvalue weighted by Crippen LogP contribution is -2.15. The van der Waals surface area contributed by atoms with Gasteiger partial charge in [0.25, 0.3) is 0 Å². The van der Waals surface area contributed by atoms with Gasteiger partial charge in [0.1, 0.15) is 0 Å². The van der Waals surface area contributed by atoms with Crippen LogP contribution in [0, 0.1) is 11.8 Å². The molecule has 1 aliphatic rings. The number of alkyl halides is 1. The molecule has 0 aliphatic heterocycles. The highest BCUT2D eigenvalue weighted by molar-refractivity contribution is 6.19. The van der Waals surface area contributed by atoms with Crippen molar-refractivity contribution in [2.75, 3.05) is 5.88 Å². The molecular formula is C11H19Cl. The quantitative estimate of drug-likeness (QED) is 0.462. The van der Waals surface area contributed by atoms with E-state index < -0.39 is 0 Å². The van der Waals surface area contributed by atoms with Crippen LogP contribution < -0.4 is 0 Å². The molecule has 0 aromatic carbocycles. The standard InChI is InChI=1S/C11H19Cl/c1-3-10-4-6-11(7-5-10)9(2)8-12/h10-11H,2-8H2,1H3. The molecule has 1 heteroatoms. The fraction of sp³-hybridized carbons (Fsp3) is 0.818. The van der Waals surface area contributed by atoms with Gasteiger partial charge in [0, 0.05) is 5.88 Å². The Kier molecular flexibility index (Phi) is 4.14. The topological polar surface area (TPSA) is 0 Å². The van der Waals surface area contributed by atoms with E-state index in [-0.39, 0.29) is 0 Å². The summed E-state index contributed by atoms with van der Waals surface area (Å²) < 4.78 is 0. The number of allylic oxidation sites excluding steroid dienone is 1. The maximum Gasteiger partial charge on any atom is 0.0433 e. The minimum absolute atomic E-state index is 0.654. The van der Waals surface area contributed by atoms with Crippen molar-refractivity contribution in [2.45, 2.75) is 39.0 Å². The van der Waals surface area contributed by atoms with Crippen molar-refractivity contribution in [2.24, 2.45) is 11.8 Å². The second kappa shape index (κ2) is 4.91. The average Bonchev–Trinajstić information content (AvgIpc) is 2.17. The largest absolute Gasteiger partial charge is 0.122 e. The zero-order valence-electron chi connectivity index (χ0n) is 7.98. The molecule has 0 saturated heterocycles. The molecule has 0 nitrogen and oxygen atoms in total. The highest BCUT2D eigenvalue weighted by Gasteiger charge is 2.21. The minimum atomic E-state index is 0.654. The first-order chi connectivity index (χ1) is 5.77. The van der Waals surface area contributed by atoms with E-state index in [0.29, 0.717) is 5.88 Å². The van der Waals surface area contributed by atoms with E-state index >= 15 is 0 Å². The van der Waals surface area contributed by atoms with Gasteiger partial charge in [0.05, 0.1) is 0 Å². The number of rotatable bonds is 3. The van der Waals surface area contributed by atoms with Crippen LogP contribution in [0.5, 0.6) is 0 Å². The fourth-order valence-electron chi connectivity index (χ4n) is 2.09. The summed E-state index contributed by atoms with van der Waals surface area (Å²) in [7, 11) is 0. The second-order valence-corrected chi connectivity index (χ2v) is 4.19. The molecule has 0 radical (unpaired) electrons. The Morgan fingerprint density at radius 2 is 1.92 bits per heavy atom. The van der Waals surface area contributed by atoms with Crippen molar-refractivity contribution in [3.05, 3.63) is 12.2 Å². The van der Waals surface area contributed by atoms with Gasteiger partial charge < -0.3 is 0 Å². The molecule has 1 rings (SSSR count). The molecule has 1 fully saturated rings. The zero-order chi connectivity index (χ0) is 8.97. The predicted molar refractivity (Wildman–Crippen MR) is 55.6 cm³/mol. The van der Waals surface area contributed by atoms with E-state index in [4.69, 9.17) is 11.6 Å². The third-order valence-corrected chi connectivity index (χ3v) is 3.52. The third-order valence-electron chi connectivity index (χ3n) is 3.17. The summed E-state index contributed by atoms with van der Waals surface area (Å²) in [6.07, 6.45) is 6.77. The van der Waals surface area contributed by atoms with Gasteiger partial charge in [0.2, 0.25) is 0 Å². The van der Waals surface area contributed by atoms with E-state index in [1.54, 1.807) is 0 Å². The molecule has 0 atom stereocenters. The maximum absolute atomic E-state index is 5.76. The lowest BCUT2D eigenvalue weighted by Gasteiger charge is -2.28. The predicted octanol–water partition coefficient (Wildman–Crippen LogP) is 4.00. The average molecular weight is 187 g/mol. The highest BCUT2D eigenvalue weighted by atomic mass is 35.5. The van der Waals surface area contributed by atoms with Gasteiger partial charge in [-0.1, -0.05) is 25.5 Å². The van der Waals surface area contributed by atoms with Crippen molar-refractivity contribution in [1.82, 2.24) is 0 Å². The molecule has 0 spiro atoms. The first-order valence-corrected chi connectivity index (χ1v) is 5.55.